The van der Waals surface area contributed by atoms with Crippen molar-refractivity contribution in [2.75, 3.05) is 6.54 Å². The molecule has 1 aromatic rings. The molecule has 1 aromatic carbocycles. The second-order valence-electron chi connectivity index (χ2n) is 4.22. The first-order valence-electron chi connectivity index (χ1n) is 5.64. The maximum Gasteiger partial charge on any atom is 0.0208 e. The fraction of sp³-hybridized carbons (Fsp3) is 0.538. The van der Waals surface area contributed by atoms with Gasteiger partial charge in [0.15, 0.2) is 0 Å². The largest absolute Gasteiger partial charge is 0.312 e. The molecule has 14 heavy (non-hydrogen) atoms. The maximum absolute atomic E-state index is 3.43. The summed E-state index contributed by atoms with van der Waals surface area (Å²) < 4.78 is 0. The van der Waals surface area contributed by atoms with Crippen molar-refractivity contribution < 1.29 is 0 Å². The van der Waals surface area contributed by atoms with Crippen LogP contribution < -0.4 is 5.32 Å². The molecule has 1 aliphatic rings. The van der Waals surface area contributed by atoms with Gasteiger partial charge in [-0.25, -0.2) is 0 Å². The van der Waals surface area contributed by atoms with Gasteiger partial charge < -0.3 is 5.32 Å². The minimum atomic E-state index is 0.711. The number of hydrogen-bond donors (Lipinski definition) is 1. The van der Waals surface area contributed by atoms with Gasteiger partial charge in [0, 0.05) is 6.54 Å². The van der Waals surface area contributed by atoms with E-state index < -0.39 is 0 Å². The summed E-state index contributed by atoms with van der Waals surface area (Å²) >= 11 is 0. The zero-order valence-corrected chi connectivity index (χ0v) is 9.14. The van der Waals surface area contributed by atoms with Crippen molar-refractivity contribution in [2.24, 2.45) is 0 Å². The molecule has 0 radical (unpaired) electrons. The van der Waals surface area contributed by atoms with Gasteiger partial charge in [-0.2, -0.15) is 0 Å². The first kappa shape index (κ1) is 9.72. The van der Waals surface area contributed by atoms with E-state index in [1.165, 1.54) is 18.4 Å². The molecule has 1 nitrogen and oxygen atoms in total. The second-order valence-corrected chi connectivity index (χ2v) is 4.22. The first-order valence-corrected chi connectivity index (χ1v) is 5.64. The molecule has 2 rings (SSSR count). The molecular weight excluding hydrogens is 170 g/mol. The van der Waals surface area contributed by atoms with Crippen molar-refractivity contribution in [3.63, 3.8) is 0 Å². The lowest BCUT2D eigenvalue weighted by molar-refractivity contribution is 0.626. The molecule has 0 aliphatic carbocycles. The van der Waals surface area contributed by atoms with Crippen LogP contribution in [0.5, 0.6) is 0 Å². The van der Waals surface area contributed by atoms with Gasteiger partial charge in [-0.15, -0.1) is 0 Å². The molecule has 1 unspecified atom stereocenters. The predicted molar refractivity (Wildman–Crippen MR) is 60.6 cm³/mol. The Hall–Kier alpha value is -0.820. The number of rotatable bonds is 2. The Balaban J connectivity index is 2.39. The van der Waals surface area contributed by atoms with Crippen LogP contribution in [0.25, 0.3) is 0 Å². The molecule has 0 amide bonds. The number of benzene rings is 1. The van der Waals surface area contributed by atoms with Crippen molar-refractivity contribution in [1.29, 1.82) is 0 Å². The van der Waals surface area contributed by atoms with Gasteiger partial charge in [0.2, 0.25) is 0 Å². The van der Waals surface area contributed by atoms with Crippen LogP contribution >= 0.6 is 0 Å². The van der Waals surface area contributed by atoms with Crippen molar-refractivity contribution >= 4 is 0 Å². The van der Waals surface area contributed by atoms with Crippen molar-refractivity contribution in [3.8, 4) is 0 Å². The highest BCUT2D eigenvalue weighted by Crippen LogP contribution is 2.27. The predicted octanol–water partition coefficient (Wildman–Crippen LogP) is 2.85. The lowest BCUT2D eigenvalue weighted by atomic mass is 9.88. The summed E-state index contributed by atoms with van der Waals surface area (Å²) in [5.74, 6) is 0.711. The highest BCUT2D eigenvalue weighted by Gasteiger charge is 2.14. The summed E-state index contributed by atoms with van der Waals surface area (Å²) in [4.78, 5) is 0. The monoisotopic (exact) mass is 189 g/mol. The van der Waals surface area contributed by atoms with E-state index >= 15 is 0 Å². The Kier molecular flexibility index (Phi) is 2.87. The highest BCUT2D eigenvalue weighted by atomic mass is 14.9. The second kappa shape index (κ2) is 4.14. The molecular formula is C13H19N. The fourth-order valence-electron chi connectivity index (χ4n) is 2.24. The molecule has 1 heteroatoms. The average molecular weight is 189 g/mol. The van der Waals surface area contributed by atoms with E-state index in [1.807, 2.05) is 0 Å². The summed E-state index contributed by atoms with van der Waals surface area (Å²) in [6, 6.07) is 6.76. The number of hydrogen-bond acceptors (Lipinski definition) is 1. The van der Waals surface area contributed by atoms with Crippen LogP contribution in [0.1, 0.15) is 42.9 Å². The van der Waals surface area contributed by atoms with E-state index in [4.69, 9.17) is 0 Å². The van der Waals surface area contributed by atoms with Gasteiger partial charge in [-0.3, -0.25) is 0 Å². The van der Waals surface area contributed by atoms with E-state index in [-0.39, 0.29) is 0 Å². The summed E-state index contributed by atoms with van der Waals surface area (Å²) in [6.45, 7) is 6.79. The van der Waals surface area contributed by atoms with E-state index in [9.17, 15) is 0 Å². The topological polar surface area (TPSA) is 12.0 Å². The zero-order valence-electron chi connectivity index (χ0n) is 9.14. The summed E-state index contributed by atoms with van der Waals surface area (Å²) in [7, 11) is 0. The molecule has 0 saturated heterocycles. The summed E-state index contributed by atoms with van der Waals surface area (Å²) in [5, 5.41) is 3.43. The standard InChI is InChI=1S/C13H19N/c1-3-10(2)12-6-4-5-11-9-14-8-7-13(11)12/h4-6,10,14H,3,7-9H2,1-2H3. The number of nitrogens with one attached hydrogen (secondary N) is 1. The summed E-state index contributed by atoms with van der Waals surface area (Å²) in [5.41, 5.74) is 4.70. The minimum absolute atomic E-state index is 0.711. The Morgan fingerprint density at radius 1 is 1.43 bits per heavy atom. The smallest absolute Gasteiger partial charge is 0.0208 e. The van der Waals surface area contributed by atoms with Crippen LogP contribution in [0, 0.1) is 0 Å². The number of fused-ring (bicyclic) bond motifs is 1. The summed E-state index contributed by atoms with van der Waals surface area (Å²) in [6.07, 6.45) is 2.44. The third-order valence-electron chi connectivity index (χ3n) is 3.32. The lowest BCUT2D eigenvalue weighted by Gasteiger charge is -2.23. The van der Waals surface area contributed by atoms with Crippen LogP contribution in [-0.2, 0) is 13.0 Å². The molecule has 1 heterocycles. The van der Waals surface area contributed by atoms with Gasteiger partial charge >= 0.3 is 0 Å². The van der Waals surface area contributed by atoms with Crippen LogP contribution in [-0.4, -0.2) is 6.54 Å². The Bertz CT molecular complexity index is 317. The SMILES string of the molecule is CCC(C)c1cccc2c1CCNC2. The maximum atomic E-state index is 3.43. The molecule has 0 aromatic heterocycles. The van der Waals surface area contributed by atoms with Gasteiger partial charge in [-0.05, 0) is 42.0 Å². The average Bonchev–Trinajstić information content (AvgIpc) is 2.27. The van der Waals surface area contributed by atoms with E-state index in [0.717, 1.165) is 13.1 Å². The van der Waals surface area contributed by atoms with Gasteiger partial charge in [0.25, 0.3) is 0 Å². The van der Waals surface area contributed by atoms with Gasteiger partial charge in [-0.1, -0.05) is 32.0 Å². The zero-order chi connectivity index (χ0) is 9.97. The third kappa shape index (κ3) is 1.69. The van der Waals surface area contributed by atoms with Gasteiger partial charge in [0.1, 0.15) is 0 Å². The van der Waals surface area contributed by atoms with E-state index in [2.05, 4.69) is 37.4 Å². The van der Waals surface area contributed by atoms with Crippen LogP contribution in [0.2, 0.25) is 0 Å². The fourth-order valence-corrected chi connectivity index (χ4v) is 2.24. The highest BCUT2D eigenvalue weighted by molar-refractivity contribution is 5.38. The van der Waals surface area contributed by atoms with E-state index in [0.29, 0.717) is 5.92 Å². The van der Waals surface area contributed by atoms with Gasteiger partial charge in [0.05, 0.1) is 0 Å². The molecule has 1 N–H and O–H groups in total. The minimum Gasteiger partial charge on any atom is -0.312 e. The van der Waals surface area contributed by atoms with Crippen molar-refractivity contribution in [2.45, 2.75) is 39.2 Å². The Morgan fingerprint density at radius 2 is 2.29 bits per heavy atom. The molecule has 0 fully saturated rings. The van der Waals surface area contributed by atoms with Crippen LogP contribution in [0.3, 0.4) is 0 Å². The lowest BCUT2D eigenvalue weighted by Crippen LogP contribution is -2.24. The quantitative estimate of drug-likeness (QED) is 0.754. The van der Waals surface area contributed by atoms with Crippen LogP contribution in [0.4, 0.5) is 0 Å². The van der Waals surface area contributed by atoms with Crippen molar-refractivity contribution in [1.82, 2.24) is 5.32 Å². The third-order valence-corrected chi connectivity index (χ3v) is 3.32. The molecule has 0 bridgehead atoms. The molecule has 0 spiro atoms. The molecule has 1 aliphatic heterocycles. The normalized spacial score (nSPS) is 17.6. The van der Waals surface area contributed by atoms with Crippen molar-refractivity contribution in [3.05, 3.63) is 34.9 Å². The van der Waals surface area contributed by atoms with E-state index in [1.54, 1.807) is 11.1 Å². The first-order chi connectivity index (χ1) is 6.83. The molecule has 76 valence electrons. The molecule has 0 saturated carbocycles. The Labute approximate surface area is 86.5 Å². The van der Waals surface area contributed by atoms with Crippen LogP contribution in [0.15, 0.2) is 18.2 Å². The Morgan fingerprint density at radius 3 is 3.07 bits per heavy atom. The molecule has 1 atom stereocenters.